The number of H-pyrrole nitrogens is 1. The summed E-state index contributed by atoms with van der Waals surface area (Å²) >= 11 is 6.86. The maximum absolute atomic E-state index is 12.3. The highest BCUT2D eigenvalue weighted by molar-refractivity contribution is 9.11. The summed E-state index contributed by atoms with van der Waals surface area (Å²) in [6.07, 6.45) is 0. The lowest BCUT2D eigenvalue weighted by Gasteiger charge is -2.17. The molecule has 0 saturated heterocycles. The second-order valence-electron chi connectivity index (χ2n) is 6.06. The Balaban J connectivity index is 1.61. The van der Waals surface area contributed by atoms with Gasteiger partial charge in [0, 0.05) is 15.5 Å². The molecule has 0 aliphatic heterocycles. The number of nitrogens with zero attached hydrogens (tertiary/aromatic N) is 2. The van der Waals surface area contributed by atoms with Gasteiger partial charge in [-0.2, -0.15) is 0 Å². The van der Waals surface area contributed by atoms with E-state index in [2.05, 4.69) is 41.8 Å². The monoisotopic (exact) mass is 495 g/mol. The highest BCUT2D eigenvalue weighted by Crippen LogP contribution is 2.25. The molecule has 0 radical (unpaired) electrons. The smallest absolute Gasteiger partial charge is 0.258 e. The van der Waals surface area contributed by atoms with E-state index in [1.807, 2.05) is 42.3 Å². The first-order chi connectivity index (χ1) is 13.0. The van der Waals surface area contributed by atoms with E-state index < -0.39 is 0 Å². The predicted molar refractivity (Wildman–Crippen MR) is 113 cm³/mol. The summed E-state index contributed by atoms with van der Waals surface area (Å²) in [6, 6.07) is 11.1. The molecule has 1 heterocycles. The fraction of sp³-hybridized carbons (Fsp3) is 0.263. The van der Waals surface area contributed by atoms with Gasteiger partial charge < -0.3 is 14.5 Å². The standard InChI is InChI=1S/C19H19Br2N3O3/c1-24(7-8-27-14-5-3-13(26-2)4-6-14)11-17-22-18-15(19(25)23-17)9-12(20)10-16(18)21/h3-6,9-10H,7-8,11H2,1-2H3,(H,22,23,25). The van der Waals surface area contributed by atoms with Crippen LogP contribution in [-0.4, -0.2) is 42.2 Å². The first-order valence-corrected chi connectivity index (χ1v) is 9.88. The summed E-state index contributed by atoms with van der Waals surface area (Å²) in [5, 5.41) is 0.547. The van der Waals surface area contributed by atoms with Crippen LogP contribution in [0.4, 0.5) is 0 Å². The fourth-order valence-corrected chi connectivity index (χ4v) is 3.93. The minimum absolute atomic E-state index is 0.153. The zero-order valence-electron chi connectivity index (χ0n) is 15.0. The first kappa shape index (κ1) is 19.9. The van der Waals surface area contributed by atoms with Crippen LogP contribution < -0.4 is 15.0 Å². The number of hydrogen-bond acceptors (Lipinski definition) is 5. The fourth-order valence-electron chi connectivity index (χ4n) is 2.61. The molecule has 0 bridgehead atoms. The van der Waals surface area contributed by atoms with Gasteiger partial charge in [-0.25, -0.2) is 4.98 Å². The molecule has 2 aromatic carbocycles. The van der Waals surface area contributed by atoms with Crippen molar-refractivity contribution in [3.05, 3.63) is 61.5 Å². The lowest BCUT2D eigenvalue weighted by Crippen LogP contribution is -2.26. The van der Waals surface area contributed by atoms with Crippen molar-refractivity contribution in [3.8, 4) is 11.5 Å². The second-order valence-corrected chi connectivity index (χ2v) is 7.83. The summed E-state index contributed by atoms with van der Waals surface area (Å²) in [5.74, 6) is 2.20. The first-order valence-electron chi connectivity index (χ1n) is 8.29. The van der Waals surface area contributed by atoms with Gasteiger partial charge in [0.05, 0.1) is 24.6 Å². The summed E-state index contributed by atoms with van der Waals surface area (Å²) in [7, 11) is 3.59. The summed E-state index contributed by atoms with van der Waals surface area (Å²) < 4.78 is 12.5. The molecule has 0 saturated carbocycles. The van der Waals surface area contributed by atoms with Gasteiger partial charge in [0.25, 0.3) is 5.56 Å². The molecule has 0 aliphatic rings. The molecule has 0 fully saturated rings. The van der Waals surface area contributed by atoms with Gasteiger partial charge in [0.15, 0.2) is 0 Å². The Morgan fingerprint density at radius 3 is 2.56 bits per heavy atom. The number of fused-ring (bicyclic) bond motifs is 1. The van der Waals surface area contributed by atoms with Crippen molar-refractivity contribution in [2.24, 2.45) is 0 Å². The van der Waals surface area contributed by atoms with Crippen molar-refractivity contribution < 1.29 is 9.47 Å². The lowest BCUT2D eigenvalue weighted by molar-refractivity contribution is 0.229. The van der Waals surface area contributed by atoms with E-state index in [1.165, 1.54) is 0 Å². The lowest BCUT2D eigenvalue weighted by atomic mass is 10.2. The average molecular weight is 497 g/mol. The Morgan fingerprint density at radius 2 is 1.85 bits per heavy atom. The molecule has 0 unspecified atom stereocenters. The van der Waals surface area contributed by atoms with Crippen LogP contribution in [0.1, 0.15) is 5.82 Å². The van der Waals surface area contributed by atoms with Crippen molar-refractivity contribution in [1.29, 1.82) is 0 Å². The Morgan fingerprint density at radius 1 is 1.15 bits per heavy atom. The number of aromatic amines is 1. The van der Waals surface area contributed by atoms with Crippen LogP contribution in [0, 0.1) is 0 Å². The van der Waals surface area contributed by atoms with E-state index in [4.69, 9.17) is 9.47 Å². The summed E-state index contributed by atoms with van der Waals surface area (Å²) in [5.41, 5.74) is 0.500. The quantitative estimate of drug-likeness (QED) is 0.536. The van der Waals surface area contributed by atoms with Crippen LogP contribution in [0.5, 0.6) is 11.5 Å². The minimum atomic E-state index is -0.153. The molecule has 3 aromatic rings. The van der Waals surface area contributed by atoms with Crippen molar-refractivity contribution in [3.63, 3.8) is 0 Å². The van der Waals surface area contributed by atoms with Gasteiger partial charge >= 0.3 is 0 Å². The maximum Gasteiger partial charge on any atom is 0.258 e. The number of halogens is 2. The molecule has 8 heteroatoms. The van der Waals surface area contributed by atoms with E-state index >= 15 is 0 Å². The van der Waals surface area contributed by atoms with Gasteiger partial charge in [-0.1, -0.05) is 15.9 Å². The SMILES string of the molecule is COc1ccc(OCCN(C)Cc2nc3c(Br)cc(Br)cc3c(=O)[nH]2)cc1. The number of rotatable bonds is 7. The van der Waals surface area contributed by atoms with Gasteiger partial charge in [-0.15, -0.1) is 0 Å². The van der Waals surface area contributed by atoms with Crippen molar-refractivity contribution in [2.75, 3.05) is 27.3 Å². The Kier molecular flexibility index (Phi) is 6.51. The Labute approximate surface area is 173 Å². The number of aromatic nitrogens is 2. The average Bonchev–Trinajstić information content (AvgIpc) is 2.63. The van der Waals surface area contributed by atoms with Crippen LogP contribution in [0.3, 0.4) is 0 Å². The zero-order chi connectivity index (χ0) is 19.4. The van der Waals surface area contributed by atoms with Crippen LogP contribution in [0.2, 0.25) is 0 Å². The molecule has 0 aliphatic carbocycles. The third-order valence-electron chi connectivity index (χ3n) is 4.00. The molecule has 27 heavy (non-hydrogen) atoms. The largest absolute Gasteiger partial charge is 0.497 e. The number of ether oxygens (including phenoxy) is 2. The van der Waals surface area contributed by atoms with E-state index in [9.17, 15) is 4.79 Å². The van der Waals surface area contributed by atoms with Gasteiger partial charge in [-0.3, -0.25) is 9.69 Å². The third kappa shape index (κ3) is 5.09. The normalized spacial score (nSPS) is 11.1. The summed E-state index contributed by atoms with van der Waals surface area (Å²) in [4.78, 5) is 21.8. The van der Waals surface area contributed by atoms with Gasteiger partial charge in [0.2, 0.25) is 0 Å². The van der Waals surface area contributed by atoms with E-state index in [-0.39, 0.29) is 5.56 Å². The highest BCUT2D eigenvalue weighted by Gasteiger charge is 2.10. The van der Waals surface area contributed by atoms with Gasteiger partial charge in [0.1, 0.15) is 23.9 Å². The van der Waals surface area contributed by atoms with E-state index in [0.29, 0.717) is 36.4 Å². The topological polar surface area (TPSA) is 67.5 Å². The molecule has 142 valence electrons. The number of likely N-dealkylation sites (N-methyl/N-ethyl adjacent to an activating group) is 1. The molecule has 3 rings (SSSR count). The molecule has 0 spiro atoms. The van der Waals surface area contributed by atoms with Crippen LogP contribution in [0.15, 0.2) is 50.1 Å². The van der Waals surface area contributed by atoms with Crippen molar-refractivity contribution in [1.82, 2.24) is 14.9 Å². The third-order valence-corrected chi connectivity index (χ3v) is 5.06. The van der Waals surface area contributed by atoms with Crippen LogP contribution in [0.25, 0.3) is 10.9 Å². The van der Waals surface area contributed by atoms with Crippen molar-refractivity contribution >= 4 is 42.8 Å². The van der Waals surface area contributed by atoms with Crippen LogP contribution >= 0.6 is 31.9 Å². The van der Waals surface area contributed by atoms with E-state index in [0.717, 1.165) is 20.4 Å². The zero-order valence-corrected chi connectivity index (χ0v) is 18.1. The molecule has 6 nitrogen and oxygen atoms in total. The predicted octanol–water partition coefficient (Wildman–Crippen LogP) is 3.97. The molecule has 0 amide bonds. The number of hydrogen-bond donors (Lipinski definition) is 1. The number of benzene rings is 2. The molecule has 1 N–H and O–H groups in total. The highest BCUT2D eigenvalue weighted by atomic mass is 79.9. The van der Waals surface area contributed by atoms with E-state index in [1.54, 1.807) is 13.2 Å². The molecule has 1 aromatic heterocycles. The van der Waals surface area contributed by atoms with Crippen LogP contribution in [-0.2, 0) is 6.54 Å². The van der Waals surface area contributed by atoms with Crippen molar-refractivity contribution in [2.45, 2.75) is 6.54 Å². The molecule has 0 atom stereocenters. The number of methoxy groups -OCH3 is 1. The molecular formula is C19H19Br2N3O3. The summed E-state index contributed by atoms with van der Waals surface area (Å²) in [6.45, 7) is 1.73. The maximum atomic E-state index is 12.3. The Bertz CT molecular complexity index is 990. The minimum Gasteiger partial charge on any atom is -0.497 e. The number of nitrogens with one attached hydrogen (secondary N) is 1. The Hall–Kier alpha value is -1.90. The molecular weight excluding hydrogens is 478 g/mol. The van der Waals surface area contributed by atoms with Gasteiger partial charge in [-0.05, 0) is 59.4 Å². The second kappa shape index (κ2) is 8.86.